The van der Waals surface area contributed by atoms with Gasteiger partial charge in [-0.3, -0.25) is 9.97 Å². The van der Waals surface area contributed by atoms with Crippen molar-refractivity contribution in [2.75, 3.05) is 0 Å². The fourth-order valence-electron chi connectivity index (χ4n) is 8.11. The van der Waals surface area contributed by atoms with Gasteiger partial charge in [0.2, 0.25) is 0 Å². The van der Waals surface area contributed by atoms with Crippen molar-refractivity contribution >= 4 is 65.3 Å². The fourth-order valence-corrected chi connectivity index (χ4v) is 8.11. The first-order valence-electron chi connectivity index (χ1n) is 18.0. The van der Waals surface area contributed by atoms with Gasteiger partial charge in [-0.15, -0.1) is 0 Å². The second kappa shape index (κ2) is 11.7. The van der Waals surface area contributed by atoms with E-state index in [2.05, 4.69) is 158 Å². The van der Waals surface area contributed by atoms with Gasteiger partial charge in [0.1, 0.15) is 11.2 Å². The molecule has 0 aliphatic rings. The van der Waals surface area contributed by atoms with E-state index < -0.39 is 0 Å². The molecule has 0 amide bonds. The Morgan fingerprint density at radius 2 is 0.849 bits per heavy atom. The zero-order valence-corrected chi connectivity index (χ0v) is 28.6. The van der Waals surface area contributed by atoms with Crippen molar-refractivity contribution in [3.63, 3.8) is 0 Å². The molecule has 0 saturated carbocycles. The lowest BCUT2D eigenvalue weighted by atomic mass is 9.93. The third-order valence-corrected chi connectivity index (χ3v) is 10.7. The van der Waals surface area contributed by atoms with Crippen LogP contribution in [0.2, 0.25) is 0 Å². The molecule has 3 nitrogen and oxygen atoms in total. The van der Waals surface area contributed by atoms with Gasteiger partial charge in [-0.05, 0) is 90.8 Å². The summed E-state index contributed by atoms with van der Waals surface area (Å²) in [5.41, 5.74) is 13.1. The molecule has 0 aliphatic heterocycles. The Balaban J connectivity index is 0.904. The summed E-state index contributed by atoms with van der Waals surface area (Å²) in [6.07, 6.45) is 3.56. The SMILES string of the molecule is c1cc(-c2ccc(-c3ccc4cc(-c5cccc6c5oc5ccccc56)ccc4c3)cc2)cc(-c2ccc3c4ccccc4c4nccnc4c3c2)c1. The number of furan rings is 1. The predicted octanol–water partition coefficient (Wildman–Crippen LogP) is 13.7. The molecule has 11 aromatic rings. The van der Waals surface area contributed by atoms with E-state index in [4.69, 9.17) is 14.4 Å². The van der Waals surface area contributed by atoms with Crippen LogP contribution in [0.5, 0.6) is 0 Å². The molecule has 0 unspecified atom stereocenters. The standard InChI is InChI=1S/C50H30N2O/c1-2-11-44-41(9-1)42-24-23-38(30-46(42)49-48(44)51-25-26-52-49)34-8-5-7-33(27-34)31-15-17-32(18-16-31)35-19-20-37-29-39(22-21-36(37)28-35)40-12-6-13-45-43-10-3-4-14-47(43)53-50(40)45/h1-30H. The summed E-state index contributed by atoms with van der Waals surface area (Å²) in [5.74, 6) is 0. The zero-order chi connectivity index (χ0) is 34.9. The molecule has 9 aromatic carbocycles. The second-order valence-corrected chi connectivity index (χ2v) is 13.8. The Bertz CT molecular complexity index is 3190. The van der Waals surface area contributed by atoms with Crippen LogP contribution in [0.3, 0.4) is 0 Å². The van der Waals surface area contributed by atoms with Crippen LogP contribution in [0, 0.1) is 0 Å². The van der Waals surface area contributed by atoms with Crippen molar-refractivity contribution in [3.8, 4) is 44.5 Å². The number of fused-ring (bicyclic) bond motifs is 10. The molecule has 0 aliphatic carbocycles. The molecule has 0 atom stereocenters. The first kappa shape index (κ1) is 29.6. The van der Waals surface area contributed by atoms with Gasteiger partial charge in [-0.25, -0.2) is 0 Å². The van der Waals surface area contributed by atoms with Crippen LogP contribution in [-0.2, 0) is 0 Å². The van der Waals surface area contributed by atoms with E-state index in [1.807, 2.05) is 12.1 Å². The van der Waals surface area contributed by atoms with E-state index in [9.17, 15) is 0 Å². The van der Waals surface area contributed by atoms with Gasteiger partial charge in [-0.2, -0.15) is 0 Å². The molecule has 0 radical (unpaired) electrons. The van der Waals surface area contributed by atoms with E-state index in [0.29, 0.717) is 0 Å². The number of nitrogens with zero attached hydrogens (tertiary/aromatic N) is 2. The van der Waals surface area contributed by atoms with Crippen molar-refractivity contribution in [2.45, 2.75) is 0 Å². The number of rotatable bonds is 4. The Morgan fingerprint density at radius 1 is 0.321 bits per heavy atom. The molecule has 3 heteroatoms. The number of para-hydroxylation sites is 2. The van der Waals surface area contributed by atoms with Gasteiger partial charge in [-0.1, -0.05) is 140 Å². The predicted molar refractivity (Wildman–Crippen MR) is 221 cm³/mol. The maximum Gasteiger partial charge on any atom is 0.143 e. The van der Waals surface area contributed by atoms with E-state index in [1.165, 1.54) is 49.4 Å². The molecule has 246 valence electrons. The van der Waals surface area contributed by atoms with Crippen molar-refractivity contribution in [1.82, 2.24) is 9.97 Å². The third kappa shape index (κ3) is 4.82. The van der Waals surface area contributed by atoms with Gasteiger partial charge in [0.25, 0.3) is 0 Å². The summed E-state index contributed by atoms with van der Waals surface area (Å²) in [6, 6.07) is 61.0. The topological polar surface area (TPSA) is 38.9 Å². The van der Waals surface area contributed by atoms with Crippen LogP contribution in [0.15, 0.2) is 187 Å². The van der Waals surface area contributed by atoms with Crippen LogP contribution in [0.4, 0.5) is 0 Å². The molecule has 0 N–H and O–H groups in total. The van der Waals surface area contributed by atoms with Crippen molar-refractivity contribution in [1.29, 1.82) is 0 Å². The molecule has 0 saturated heterocycles. The third-order valence-electron chi connectivity index (χ3n) is 10.7. The lowest BCUT2D eigenvalue weighted by Gasteiger charge is -2.12. The highest BCUT2D eigenvalue weighted by atomic mass is 16.3. The number of hydrogen-bond donors (Lipinski definition) is 0. The molecular formula is C50H30N2O. The van der Waals surface area contributed by atoms with E-state index in [1.54, 1.807) is 12.4 Å². The highest BCUT2D eigenvalue weighted by Gasteiger charge is 2.14. The van der Waals surface area contributed by atoms with Crippen molar-refractivity contribution in [2.24, 2.45) is 0 Å². The number of hydrogen-bond acceptors (Lipinski definition) is 3. The molecule has 11 rings (SSSR count). The lowest BCUT2D eigenvalue weighted by Crippen LogP contribution is -1.89. The summed E-state index contributed by atoms with van der Waals surface area (Å²) in [4.78, 5) is 9.50. The van der Waals surface area contributed by atoms with Crippen molar-refractivity contribution in [3.05, 3.63) is 182 Å². The molecule has 2 aromatic heterocycles. The summed E-state index contributed by atoms with van der Waals surface area (Å²) in [6.45, 7) is 0. The molecular weight excluding hydrogens is 645 g/mol. The normalized spacial score (nSPS) is 11.8. The average molecular weight is 675 g/mol. The van der Waals surface area contributed by atoms with Crippen molar-refractivity contribution < 1.29 is 4.42 Å². The Kier molecular flexibility index (Phi) is 6.55. The van der Waals surface area contributed by atoms with E-state index in [0.717, 1.165) is 60.4 Å². The minimum atomic E-state index is 0.919. The Morgan fingerprint density at radius 3 is 1.64 bits per heavy atom. The molecule has 2 heterocycles. The summed E-state index contributed by atoms with van der Waals surface area (Å²) in [5, 5.41) is 9.35. The molecule has 53 heavy (non-hydrogen) atoms. The maximum atomic E-state index is 6.34. The van der Waals surface area contributed by atoms with E-state index >= 15 is 0 Å². The first-order valence-corrected chi connectivity index (χ1v) is 18.0. The monoisotopic (exact) mass is 674 g/mol. The van der Waals surface area contributed by atoms with Gasteiger partial charge in [0, 0.05) is 39.5 Å². The highest BCUT2D eigenvalue weighted by Crippen LogP contribution is 2.39. The second-order valence-electron chi connectivity index (χ2n) is 13.8. The quantitative estimate of drug-likeness (QED) is 0.174. The molecule has 0 spiro atoms. The number of benzene rings is 9. The van der Waals surface area contributed by atoms with E-state index in [-0.39, 0.29) is 0 Å². The smallest absolute Gasteiger partial charge is 0.143 e. The minimum absolute atomic E-state index is 0.919. The molecule has 0 bridgehead atoms. The zero-order valence-electron chi connectivity index (χ0n) is 28.6. The van der Waals surface area contributed by atoms with Gasteiger partial charge in [0.05, 0.1) is 11.0 Å². The summed E-state index contributed by atoms with van der Waals surface area (Å²) >= 11 is 0. The van der Waals surface area contributed by atoms with Crippen LogP contribution >= 0.6 is 0 Å². The highest BCUT2D eigenvalue weighted by molar-refractivity contribution is 6.23. The average Bonchev–Trinajstić information content (AvgIpc) is 3.62. The van der Waals surface area contributed by atoms with Gasteiger partial charge in [0.15, 0.2) is 0 Å². The van der Waals surface area contributed by atoms with Gasteiger partial charge >= 0.3 is 0 Å². The number of aromatic nitrogens is 2. The first-order chi connectivity index (χ1) is 26.2. The largest absolute Gasteiger partial charge is 0.455 e. The van der Waals surface area contributed by atoms with Crippen LogP contribution in [-0.4, -0.2) is 9.97 Å². The fraction of sp³-hybridized carbons (Fsp3) is 0. The lowest BCUT2D eigenvalue weighted by molar-refractivity contribution is 0.670. The van der Waals surface area contributed by atoms with Crippen LogP contribution < -0.4 is 0 Å². The van der Waals surface area contributed by atoms with Crippen LogP contribution in [0.25, 0.3) is 110 Å². The van der Waals surface area contributed by atoms with Gasteiger partial charge < -0.3 is 4.42 Å². The molecule has 0 fully saturated rings. The summed E-state index contributed by atoms with van der Waals surface area (Å²) < 4.78 is 6.34. The Hall–Kier alpha value is -7.10. The summed E-state index contributed by atoms with van der Waals surface area (Å²) in [7, 11) is 0. The Labute approximate surface area is 305 Å². The van der Waals surface area contributed by atoms with Crippen LogP contribution in [0.1, 0.15) is 0 Å². The maximum absolute atomic E-state index is 6.34. The minimum Gasteiger partial charge on any atom is -0.455 e.